The van der Waals surface area contributed by atoms with E-state index in [1.807, 2.05) is 34.6 Å². The second-order valence-electron chi connectivity index (χ2n) is 6.85. The van der Waals surface area contributed by atoms with Crippen molar-refractivity contribution < 1.29 is 19.1 Å². The molecule has 144 valence electrons. The van der Waals surface area contributed by atoms with Crippen LogP contribution in [0.3, 0.4) is 0 Å². The average Bonchev–Trinajstić information content (AvgIpc) is 2.57. The van der Waals surface area contributed by atoms with Gasteiger partial charge in [0.1, 0.15) is 0 Å². The Kier molecular flexibility index (Phi) is 8.61. The van der Waals surface area contributed by atoms with E-state index in [0.717, 1.165) is 5.56 Å². The number of ether oxygens (including phenoxy) is 1. The maximum absolute atomic E-state index is 12.0. The molecule has 3 N–H and O–H groups in total. The number of amides is 3. The van der Waals surface area contributed by atoms with Gasteiger partial charge in [-0.25, -0.2) is 9.59 Å². The molecule has 1 aromatic rings. The van der Waals surface area contributed by atoms with Crippen LogP contribution in [0.2, 0.25) is 0 Å². The van der Waals surface area contributed by atoms with Crippen LogP contribution in [0.25, 0.3) is 0 Å². The van der Waals surface area contributed by atoms with Gasteiger partial charge in [-0.05, 0) is 44.4 Å². The van der Waals surface area contributed by atoms with Crippen LogP contribution < -0.4 is 16.0 Å². The van der Waals surface area contributed by atoms with E-state index in [2.05, 4.69) is 16.0 Å². The number of rotatable bonds is 8. The van der Waals surface area contributed by atoms with Gasteiger partial charge in [-0.15, -0.1) is 0 Å². The molecule has 0 heterocycles. The third kappa shape index (κ3) is 8.00. The minimum atomic E-state index is -0.561. The zero-order chi connectivity index (χ0) is 19.7. The molecule has 0 saturated heterocycles. The molecule has 7 nitrogen and oxygen atoms in total. The number of hydrogen-bond donors (Lipinski definition) is 3. The smallest absolute Gasteiger partial charge is 0.338 e. The Morgan fingerprint density at radius 3 is 2.12 bits per heavy atom. The number of carbonyl (C=O) groups excluding carboxylic acids is 3. The highest BCUT2D eigenvalue weighted by Gasteiger charge is 2.14. The molecule has 1 atom stereocenters. The van der Waals surface area contributed by atoms with E-state index in [0.29, 0.717) is 18.0 Å². The van der Waals surface area contributed by atoms with Gasteiger partial charge in [-0.2, -0.15) is 0 Å². The number of hydrogen-bond acceptors (Lipinski definition) is 4. The molecule has 1 aromatic carbocycles. The zero-order valence-corrected chi connectivity index (χ0v) is 16.1. The summed E-state index contributed by atoms with van der Waals surface area (Å²) in [5.41, 5.74) is 1.20. The number of nitrogens with one attached hydrogen (secondary N) is 3. The van der Waals surface area contributed by atoms with Crippen molar-refractivity contribution in [1.29, 1.82) is 0 Å². The van der Waals surface area contributed by atoms with Crippen LogP contribution in [0.15, 0.2) is 24.3 Å². The fourth-order valence-electron chi connectivity index (χ4n) is 1.93. The molecule has 0 aliphatic heterocycles. The fourth-order valence-corrected chi connectivity index (χ4v) is 1.93. The molecule has 7 heteroatoms. The molecule has 0 unspecified atom stereocenters. The molecular weight excluding hydrogens is 334 g/mol. The van der Waals surface area contributed by atoms with Gasteiger partial charge >= 0.3 is 12.0 Å². The van der Waals surface area contributed by atoms with Crippen LogP contribution in [0.4, 0.5) is 4.79 Å². The van der Waals surface area contributed by atoms with Crippen LogP contribution in [0.5, 0.6) is 0 Å². The van der Waals surface area contributed by atoms with Gasteiger partial charge in [-0.3, -0.25) is 4.79 Å². The van der Waals surface area contributed by atoms with Gasteiger partial charge in [0, 0.05) is 18.6 Å². The number of esters is 1. The highest BCUT2D eigenvalue weighted by atomic mass is 16.5. The molecule has 3 amide bonds. The molecule has 26 heavy (non-hydrogen) atoms. The van der Waals surface area contributed by atoms with Gasteiger partial charge in [0.05, 0.1) is 5.56 Å². The Morgan fingerprint density at radius 2 is 1.58 bits per heavy atom. The molecule has 0 aromatic heterocycles. The maximum atomic E-state index is 12.0. The van der Waals surface area contributed by atoms with E-state index in [-0.39, 0.29) is 30.6 Å². The second kappa shape index (κ2) is 10.4. The first-order valence-corrected chi connectivity index (χ1v) is 8.78. The van der Waals surface area contributed by atoms with Gasteiger partial charge in [-0.1, -0.05) is 26.0 Å². The Bertz CT molecular complexity index is 612. The third-order valence-electron chi connectivity index (χ3n) is 3.79. The quantitative estimate of drug-likeness (QED) is 0.617. The van der Waals surface area contributed by atoms with Crippen molar-refractivity contribution in [1.82, 2.24) is 16.0 Å². The van der Waals surface area contributed by atoms with Gasteiger partial charge in [0.15, 0.2) is 6.61 Å². The predicted molar refractivity (Wildman–Crippen MR) is 99.7 cm³/mol. The van der Waals surface area contributed by atoms with Gasteiger partial charge in [0.2, 0.25) is 0 Å². The van der Waals surface area contributed by atoms with Crippen molar-refractivity contribution in [3.8, 4) is 0 Å². The molecule has 0 bridgehead atoms. The van der Waals surface area contributed by atoms with Crippen LogP contribution >= 0.6 is 0 Å². The van der Waals surface area contributed by atoms with E-state index in [4.69, 9.17) is 4.74 Å². The highest BCUT2D eigenvalue weighted by Crippen LogP contribution is 2.06. The summed E-state index contributed by atoms with van der Waals surface area (Å²) in [6.07, 6.45) is 0. The Balaban J connectivity index is 2.44. The first kappa shape index (κ1) is 21.5. The standard InChI is InChI=1S/C19H29N3O4/c1-12(2)14(5)22-17(23)11-26-18(24)16-8-6-15(7-9-16)10-20-19(25)21-13(3)4/h6-9,12-14H,10-11H2,1-5H3,(H,22,23)(H2,20,21,25)/t14-/m0/s1. The molecule has 0 radical (unpaired) electrons. The Labute approximate surface area is 154 Å². The number of urea groups is 1. The molecule has 0 fully saturated rings. The van der Waals surface area contributed by atoms with Crippen LogP contribution in [-0.2, 0) is 16.1 Å². The van der Waals surface area contributed by atoms with Crippen LogP contribution in [0, 0.1) is 5.92 Å². The summed E-state index contributed by atoms with van der Waals surface area (Å²) in [5, 5.41) is 8.23. The normalized spacial score (nSPS) is 11.8. The first-order chi connectivity index (χ1) is 12.2. The number of carbonyl (C=O) groups is 3. The van der Waals surface area contributed by atoms with E-state index in [1.165, 1.54) is 0 Å². The maximum Gasteiger partial charge on any atom is 0.338 e. The van der Waals surface area contributed by atoms with Gasteiger partial charge in [0.25, 0.3) is 5.91 Å². The Hall–Kier alpha value is -2.57. The third-order valence-corrected chi connectivity index (χ3v) is 3.79. The van der Waals surface area contributed by atoms with Crippen molar-refractivity contribution in [2.75, 3.05) is 6.61 Å². The number of benzene rings is 1. The Morgan fingerprint density at radius 1 is 0.962 bits per heavy atom. The molecule has 0 aliphatic rings. The first-order valence-electron chi connectivity index (χ1n) is 8.78. The summed E-state index contributed by atoms with van der Waals surface area (Å²) in [6.45, 7) is 9.70. The topological polar surface area (TPSA) is 96.5 Å². The van der Waals surface area contributed by atoms with Crippen molar-refractivity contribution in [3.63, 3.8) is 0 Å². The summed E-state index contributed by atoms with van der Waals surface area (Å²) in [5.74, 6) is -0.579. The molecule has 0 spiro atoms. The molecule has 0 aliphatic carbocycles. The summed E-state index contributed by atoms with van der Waals surface area (Å²) in [4.78, 5) is 35.3. The average molecular weight is 363 g/mol. The minimum Gasteiger partial charge on any atom is -0.452 e. The second-order valence-corrected chi connectivity index (χ2v) is 6.85. The largest absolute Gasteiger partial charge is 0.452 e. The summed E-state index contributed by atoms with van der Waals surface area (Å²) in [6, 6.07) is 6.50. The van der Waals surface area contributed by atoms with Crippen molar-refractivity contribution >= 4 is 17.9 Å². The lowest BCUT2D eigenvalue weighted by Gasteiger charge is -2.17. The van der Waals surface area contributed by atoms with E-state index < -0.39 is 5.97 Å². The fraction of sp³-hybridized carbons (Fsp3) is 0.526. The van der Waals surface area contributed by atoms with E-state index in [1.54, 1.807) is 24.3 Å². The zero-order valence-electron chi connectivity index (χ0n) is 16.1. The summed E-state index contributed by atoms with van der Waals surface area (Å²) in [7, 11) is 0. The lowest BCUT2D eigenvalue weighted by molar-refractivity contribution is -0.125. The lowest BCUT2D eigenvalue weighted by atomic mass is 10.1. The predicted octanol–water partition coefficient (Wildman–Crippen LogP) is 2.21. The molecular formula is C19H29N3O4. The SMILES string of the molecule is CC(C)NC(=O)NCc1ccc(C(=O)OCC(=O)N[C@@H](C)C(C)C)cc1. The van der Waals surface area contributed by atoms with Crippen molar-refractivity contribution in [2.45, 2.75) is 53.2 Å². The minimum absolute atomic E-state index is 0.0147. The van der Waals surface area contributed by atoms with Gasteiger partial charge < -0.3 is 20.7 Å². The van der Waals surface area contributed by atoms with Crippen molar-refractivity contribution in [3.05, 3.63) is 35.4 Å². The van der Waals surface area contributed by atoms with Crippen LogP contribution in [0.1, 0.15) is 50.5 Å². The van der Waals surface area contributed by atoms with Crippen LogP contribution in [-0.4, -0.2) is 36.6 Å². The van der Waals surface area contributed by atoms with Crippen molar-refractivity contribution in [2.24, 2.45) is 5.92 Å². The summed E-state index contributed by atoms with van der Waals surface area (Å²) >= 11 is 0. The molecule has 0 saturated carbocycles. The molecule has 1 rings (SSSR count). The summed E-state index contributed by atoms with van der Waals surface area (Å²) < 4.78 is 5.02. The highest BCUT2D eigenvalue weighted by molar-refractivity contribution is 5.91. The lowest BCUT2D eigenvalue weighted by Crippen LogP contribution is -2.39. The monoisotopic (exact) mass is 363 g/mol. The van der Waals surface area contributed by atoms with E-state index >= 15 is 0 Å². The van der Waals surface area contributed by atoms with E-state index in [9.17, 15) is 14.4 Å².